The van der Waals surface area contributed by atoms with E-state index in [0.717, 1.165) is 32.6 Å². The molecular weight excluding hydrogens is 384 g/mol. The quantitative estimate of drug-likeness (QED) is 0.339. The van der Waals surface area contributed by atoms with Gasteiger partial charge in [-0.2, -0.15) is 0 Å². The highest BCUT2D eigenvalue weighted by molar-refractivity contribution is 7.17. The van der Waals surface area contributed by atoms with Crippen molar-refractivity contribution in [2.45, 2.75) is 6.92 Å². The van der Waals surface area contributed by atoms with Gasteiger partial charge in [-0.1, -0.05) is 29.8 Å². The van der Waals surface area contributed by atoms with Gasteiger partial charge in [-0.3, -0.25) is 10.1 Å². The molecule has 0 fully saturated rings. The van der Waals surface area contributed by atoms with Crippen molar-refractivity contribution in [3.8, 4) is 11.1 Å². The Morgan fingerprint density at radius 2 is 2.00 bits per heavy atom. The van der Waals surface area contributed by atoms with Crippen LogP contribution in [0.25, 0.3) is 21.3 Å². The smallest absolute Gasteiger partial charge is 0.270 e. The van der Waals surface area contributed by atoms with Crippen LogP contribution in [0.5, 0.6) is 0 Å². The van der Waals surface area contributed by atoms with E-state index in [9.17, 15) is 10.1 Å². The number of aromatic nitrogens is 2. The molecule has 0 radical (unpaired) electrons. The zero-order valence-electron chi connectivity index (χ0n) is 14.1. The summed E-state index contributed by atoms with van der Waals surface area (Å²) in [7, 11) is 0. The van der Waals surface area contributed by atoms with E-state index in [4.69, 9.17) is 11.6 Å². The molecule has 1 N–H and O–H groups in total. The molecule has 0 bridgehead atoms. The van der Waals surface area contributed by atoms with Crippen molar-refractivity contribution in [3.05, 3.63) is 74.9 Å². The van der Waals surface area contributed by atoms with Crippen LogP contribution in [0.4, 0.5) is 17.2 Å². The number of halogens is 1. The number of thiophene rings is 1. The topological polar surface area (TPSA) is 81.0 Å². The van der Waals surface area contributed by atoms with E-state index < -0.39 is 4.92 Å². The molecule has 2 aromatic carbocycles. The van der Waals surface area contributed by atoms with Crippen LogP contribution in [0.2, 0.25) is 5.02 Å². The predicted molar refractivity (Wildman–Crippen MR) is 109 cm³/mol. The molecule has 27 heavy (non-hydrogen) atoms. The minimum Gasteiger partial charge on any atom is -0.339 e. The van der Waals surface area contributed by atoms with Crippen LogP contribution in [0, 0.1) is 17.0 Å². The molecule has 4 rings (SSSR count). The Bertz CT molecular complexity index is 1180. The summed E-state index contributed by atoms with van der Waals surface area (Å²) in [5.74, 6) is 0.633. The van der Waals surface area contributed by atoms with E-state index in [1.807, 2.05) is 36.6 Å². The zero-order chi connectivity index (χ0) is 19.0. The number of nitro benzene ring substituents is 1. The fourth-order valence-corrected chi connectivity index (χ4v) is 3.93. The zero-order valence-corrected chi connectivity index (χ0v) is 15.7. The number of benzene rings is 2. The van der Waals surface area contributed by atoms with Crippen LogP contribution < -0.4 is 5.32 Å². The molecule has 0 amide bonds. The lowest BCUT2D eigenvalue weighted by Gasteiger charge is -2.11. The molecule has 0 spiro atoms. The Kier molecular flexibility index (Phi) is 4.47. The Balaban J connectivity index is 1.86. The summed E-state index contributed by atoms with van der Waals surface area (Å²) in [6, 6.07) is 12.2. The third kappa shape index (κ3) is 3.22. The molecule has 0 saturated heterocycles. The van der Waals surface area contributed by atoms with E-state index in [2.05, 4.69) is 15.3 Å². The van der Waals surface area contributed by atoms with Gasteiger partial charge in [0, 0.05) is 33.8 Å². The second-order valence-corrected chi connectivity index (χ2v) is 7.16. The molecule has 0 saturated carbocycles. The highest BCUT2D eigenvalue weighted by Crippen LogP contribution is 2.39. The molecule has 0 aliphatic rings. The van der Waals surface area contributed by atoms with Gasteiger partial charge in [0.2, 0.25) is 0 Å². The van der Waals surface area contributed by atoms with Gasteiger partial charge in [0.15, 0.2) is 0 Å². The first-order chi connectivity index (χ1) is 13.0. The summed E-state index contributed by atoms with van der Waals surface area (Å²) in [6.07, 6.45) is 1.50. The highest BCUT2D eigenvalue weighted by atomic mass is 35.5. The van der Waals surface area contributed by atoms with Crippen LogP contribution in [-0.2, 0) is 0 Å². The number of fused-ring (bicyclic) bond motifs is 1. The van der Waals surface area contributed by atoms with Gasteiger partial charge in [-0.15, -0.1) is 11.3 Å². The van der Waals surface area contributed by atoms with Crippen molar-refractivity contribution < 1.29 is 4.92 Å². The third-order valence-electron chi connectivity index (χ3n) is 4.26. The summed E-state index contributed by atoms with van der Waals surface area (Å²) in [6.45, 7) is 1.93. The molecule has 134 valence electrons. The molecule has 8 heteroatoms. The van der Waals surface area contributed by atoms with Crippen LogP contribution in [0.3, 0.4) is 0 Å². The fourth-order valence-electron chi connectivity index (χ4n) is 2.84. The van der Waals surface area contributed by atoms with Crippen LogP contribution in [-0.4, -0.2) is 14.9 Å². The van der Waals surface area contributed by atoms with Crippen molar-refractivity contribution in [2.24, 2.45) is 0 Å². The molecule has 0 aliphatic carbocycles. The summed E-state index contributed by atoms with van der Waals surface area (Å²) in [4.78, 5) is 20.3. The van der Waals surface area contributed by atoms with E-state index in [-0.39, 0.29) is 5.69 Å². The molecule has 4 aromatic rings. The number of nitro groups is 1. The molecule has 2 aromatic heterocycles. The Morgan fingerprint density at radius 3 is 2.81 bits per heavy atom. The second-order valence-electron chi connectivity index (χ2n) is 5.90. The lowest BCUT2D eigenvalue weighted by Crippen LogP contribution is -1.97. The number of nitrogens with zero attached hydrogens (tertiary/aromatic N) is 3. The monoisotopic (exact) mass is 396 g/mol. The van der Waals surface area contributed by atoms with Crippen LogP contribution in [0.15, 0.2) is 54.2 Å². The number of non-ortho nitro benzene ring substituents is 1. The van der Waals surface area contributed by atoms with Gasteiger partial charge in [0.05, 0.1) is 10.3 Å². The standard InChI is InChI=1S/C19H13ClN4O2S/c1-11-15(20)6-3-7-16(11)23-18-17-14(9-27-19(17)22-10-21-18)12-4-2-5-13(8-12)24(25)26/h2-10H,1H3,(H,21,22,23). The number of nitrogens with one attached hydrogen (secondary N) is 1. The van der Waals surface area contributed by atoms with Crippen molar-refractivity contribution in [2.75, 3.05) is 5.32 Å². The molecule has 0 atom stereocenters. The van der Waals surface area contributed by atoms with Gasteiger partial charge in [0.1, 0.15) is 17.0 Å². The van der Waals surface area contributed by atoms with Crippen molar-refractivity contribution in [1.82, 2.24) is 9.97 Å². The number of hydrogen-bond donors (Lipinski definition) is 1. The summed E-state index contributed by atoms with van der Waals surface area (Å²) in [5, 5.41) is 17.9. The second kappa shape index (κ2) is 6.94. The molecule has 2 heterocycles. The maximum atomic E-state index is 11.1. The predicted octanol–water partition coefficient (Wildman–Crippen LogP) is 5.97. The van der Waals surface area contributed by atoms with Gasteiger partial charge in [-0.25, -0.2) is 9.97 Å². The lowest BCUT2D eigenvalue weighted by molar-refractivity contribution is -0.384. The van der Waals surface area contributed by atoms with Gasteiger partial charge >= 0.3 is 0 Å². The highest BCUT2D eigenvalue weighted by Gasteiger charge is 2.16. The minimum atomic E-state index is -0.400. The fraction of sp³-hybridized carbons (Fsp3) is 0.0526. The van der Waals surface area contributed by atoms with E-state index in [1.165, 1.54) is 23.7 Å². The first kappa shape index (κ1) is 17.4. The average Bonchev–Trinajstić information content (AvgIpc) is 3.11. The third-order valence-corrected chi connectivity index (χ3v) is 5.55. The van der Waals surface area contributed by atoms with Gasteiger partial charge < -0.3 is 5.32 Å². The SMILES string of the molecule is Cc1c(Cl)cccc1Nc1ncnc2scc(-c3cccc([N+](=O)[O-])c3)c12. The Morgan fingerprint density at radius 1 is 1.19 bits per heavy atom. The van der Waals surface area contributed by atoms with Gasteiger partial charge in [0.25, 0.3) is 5.69 Å². The van der Waals surface area contributed by atoms with Crippen molar-refractivity contribution in [3.63, 3.8) is 0 Å². The lowest BCUT2D eigenvalue weighted by atomic mass is 10.1. The molecule has 0 unspecified atom stereocenters. The Labute approximate surface area is 163 Å². The molecule has 0 aliphatic heterocycles. The Hall–Kier alpha value is -3.03. The van der Waals surface area contributed by atoms with E-state index in [0.29, 0.717) is 10.8 Å². The van der Waals surface area contributed by atoms with E-state index >= 15 is 0 Å². The first-order valence-corrected chi connectivity index (χ1v) is 9.29. The summed E-state index contributed by atoms with van der Waals surface area (Å²) < 4.78 is 0. The maximum Gasteiger partial charge on any atom is 0.270 e. The van der Waals surface area contributed by atoms with Crippen molar-refractivity contribution in [1.29, 1.82) is 0 Å². The van der Waals surface area contributed by atoms with Crippen molar-refractivity contribution >= 4 is 50.3 Å². The number of anilines is 2. The minimum absolute atomic E-state index is 0.0453. The first-order valence-electron chi connectivity index (χ1n) is 8.04. The normalized spacial score (nSPS) is 10.9. The molecular formula is C19H13ClN4O2S. The van der Waals surface area contributed by atoms with Crippen LogP contribution >= 0.6 is 22.9 Å². The van der Waals surface area contributed by atoms with Crippen LogP contribution in [0.1, 0.15) is 5.56 Å². The maximum absolute atomic E-state index is 11.1. The molecule has 6 nitrogen and oxygen atoms in total. The summed E-state index contributed by atoms with van der Waals surface area (Å²) in [5.41, 5.74) is 3.40. The van der Waals surface area contributed by atoms with Gasteiger partial charge in [-0.05, 0) is 30.2 Å². The number of hydrogen-bond acceptors (Lipinski definition) is 6. The number of rotatable bonds is 4. The summed E-state index contributed by atoms with van der Waals surface area (Å²) >= 11 is 7.68. The largest absolute Gasteiger partial charge is 0.339 e. The van der Waals surface area contributed by atoms with E-state index in [1.54, 1.807) is 12.1 Å². The average molecular weight is 397 g/mol.